The predicted molar refractivity (Wildman–Crippen MR) is 59.5 cm³/mol. The van der Waals surface area contributed by atoms with Gasteiger partial charge in [-0.25, -0.2) is 0 Å². The van der Waals surface area contributed by atoms with E-state index in [0.717, 1.165) is 0 Å². The van der Waals surface area contributed by atoms with Gasteiger partial charge in [0.25, 0.3) is 0 Å². The third-order valence-corrected chi connectivity index (χ3v) is 3.11. The molecule has 1 atom stereocenters. The molecule has 4 nitrogen and oxygen atoms in total. The Balaban J connectivity index is 2.82. The van der Waals surface area contributed by atoms with Gasteiger partial charge in [-0.05, 0) is 27.2 Å². The lowest BCUT2D eigenvalue weighted by Gasteiger charge is -2.45. The van der Waals surface area contributed by atoms with Crippen molar-refractivity contribution in [2.45, 2.75) is 45.2 Å². The second-order valence-electron chi connectivity index (χ2n) is 5.09. The summed E-state index contributed by atoms with van der Waals surface area (Å²) in [6.45, 7) is 9.57. The van der Waals surface area contributed by atoms with E-state index >= 15 is 0 Å². The van der Waals surface area contributed by atoms with Crippen molar-refractivity contribution in [3.05, 3.63) is 0 Å². The molecular weight excluding hydrogens is 192 g/mol. The van der Waals surface area contributed by atoms with Gasteiger partial charge in [-0.1, -0.05) is 6.92 Å². The Bertz CT molecular complexity index is 249. The molecule has 0 aromatic carbocycles. The van der Waals surface area contributed by atoms with Gasteiger partial charge in [-0.15, -0.1) is 0 Å². The van der Waals surface area contributed by atoms with E-state index in [0.29, 0.717) is 26.2 Å². The molecule has 1 unspecified atom stereocenters. The Hall–Kier alpha value is -0.610. The zero-order chi connectivity index (χ0) is 11.7. The molecule has 0 aliphatic carbocycles. The smallest absolute Gasteiger partial charge is 0.242 e. The Morgan fingerprint density at radius 1 is 1.60 bits per heavy atom. The van der Waals surface area contributed by atoms with E-state index in [1.807, 2.05) is 25.7 Å². The summed E-state index contributed by atoms with van der Waals surface area (Å²) >= 11 is 0. The van der Waals surface area contributed by atoms with Crippen LogP contribution in [0.15, 0.2) is 0 Å². The molecule has 88 valence electrons. The second kappa shape index (κ2) is 4.10. The van der Waals surface area contributed by atoms with Gasteiger partial charge in [-0.3, -0.25) is 4.79 Å². The maximum absolute atomic E-state index is 12.2. The zero-order valence-corrected chi connectivity index (χ0v) is 10.2. The normalized spacial score (nSPS) is 24.7. The van der Waals surface area contributed by atoms with Gasteiger partial charge in [0.15, 0.2) is 0 Å². The molecule has 1 fully saturated rings. The number of rotatable bonds is 2. The van der Waals surface area contributed by atoms with Crippen molar-refractivity contribution in [2.75, 3.05) is 19.8 Å². The first kappa shape index (κ1) is 12.5. The first-order valence-corrected chi connectivity index (χ1v) is 5.50. The second-order valence-corrected chi connectivity index (χ2v) is 5.09. The lowest BCUT2D eigenvalue weighted by molar-refractivity contribution is -0.151. The number of hydrogen-bond acceptors (Lipinski definition) is 3. The van der Waals surface area contributed by atoms with Crippen molar-refractivity contribution in [3.63, 3.8) is 0 Å². The molecule has 1 aliphatic heterocycles. The van der Waals surface area contributed by atoms with E-state index in [4.69, 9.17) is 10.5 Å². The molecule has 15 heavy (non-hydrogen) atoms. The summed E-state index contributed by atoms with van der Waals surface area (Å²) in [5.74, 6) is 0.0262. The van der Waals surface area contributed by atoms with E-state index in [9.17, 15) is 4.79 Å². The molecule has 1 aliphatic rings. The summed E-state index contributed by atoms with van der Waals surface area (Å²) < 4.78 is 5.38. The first-order chi connectivity index (χ1) is 6.81. The molecule has 1 saturated heterocycles. The molecule has 0 saturated carbocycles. The lowest BCUT2D eigenvalue weighted by Crippen LogP contribution is -2.63. The van der Waals surface area contributed by atoms with Crippen molar-refractivity contribution in [1.82, 2.24) is 4.90 Å². The number of amides is 1. The first-order valence-electron chi connectivity index (χ1n) is 5.50. The number of nitrogens with two attached hydrogens (primary N) is 1. The minimum Gasteiger partial charge on any atom is -0.377 e. The lowest BCUT2D eigenvalue weighted by atomic mass is 9.93. The fourth-order valence-electron chi connectivity index (χ4n) is 1.69. The Labute approximate surface area is 91.8 Å². The predicted octanol–water partition coefficient (Wildman–Crippen LogP) is 0.751. The maximum Gasteiger partial charge on any atom is 0.242 e. The van der Waals surface area contributed by atoms with Gasteiger partial charge in [0.05, 0.1) is 24.3 Å². The van der Waals surface area contributed by atoms with Crippen LogP contribution in [0.2, 0.25) is 0 Å². The van der Waals surface area contributed by atoms with E-state index in [2.05, 4.69) is 0 Å². The SMILES string of the molecule is CCC(C)(N)C(=O)N1CCOCC1(C)C. The van der Waals surface area contributed by atoms with Gasteiger partial charge >= 0.3 is 0 Å². The quantitative estimate of drug-likeness (QED) is 0.738. The van der Waals surface area contributed by atoms with Crippen LogP contribution in [-0.2, 0) is 9.53 Å². The van der Waals surface area contributed by atoms with Crippen LogP contribution >= 0.6 is 0 Å². The summed E-state index contributed by atoms with van der Waals surface area (Å²) in [5, 5.41) is 0. The molecule has 2 N–H and O–H groups in total. The van der Waals surface area contributed by atoms with Crippen LogP contribution in [0.25, 0.3) is 0 Å². The highest BCUT2D eigenvalue weighted by Gasteiger charge is 2.40. The Kier molecular flexibility index (Phi) is 3.41. The molecule has 1 amide bonds. The van der Waals surface area contributed by atoms with Crippen molar-refractivity contribution < 1.29 is 9.53 Å². The number of nitrogens with zero attached hydrogens (tertiary/aromatic N) is 1. The molecule has 0 aromatic rings. The van der Waals surface area contributed by atoms with E-state index in [1.165, 1.54) is 0 Å². The number of ether oxygens (including phenoxy) is 1. The topological polar surface area (TPSA) is 55.6 Å². The molecule has 0 bridgehead atoms. The third-order valence-electron chi connectivity index (χ3n) is 3.11. The summed E-state index contributed by atoms with van der Waals surface area (Å²) in [6, 6.07) is 0. The minimum atomic E-state index is -0.755. The van der Waals surface area contributed by atoms with Gasteiger partial charge in [0.2, 0.25) is 5.91 Å². The fourth-order valence-corrected chi connectivity index (χ4v) is 1.69. The largest absolute Gasteiger partial charge is 0.377 e. The van der Waals surface area contributed by atoms with E-state index < -0.39 is 5.54 Å². The van der Waals surface area contributed by atoms with E-state index in [1.54, 1.807) is 6.92 Å². The fraction of sp³-hybridized carbons (Fsp3) is 0.909. The molecule has 0 spiro atoms. The van der Waals surface area contributed by atoms with Crippen LogP contribution < -0.4 is 5.73 Å². The average Bonchev–Trinajstić information content (AvgIpc) is 2.16. The maximum atomic E-state index is 12.2. The van der Waals surface area contributed by atoms with Gasteiger partial charge in [0, 0.05) is 6.54 Å². The highest BCUT2D eigenvalue weighted by Crippen LogP contribution is 2.23. The number of carbonyl (C=O) groups excluding carboxylic acids is 1. The standard InChI is InChI=1S/C11H22N2O2/c1-5-11(4,12)9(14)13-6-7-15-8-10(13,2)3/h5-8,12H2,1-4H3. The van der Waals surface area contributed by atoms with Crippen LogP contribution in [0.1, 0.15) is 34.1 Å². The van der Waals surface area contributed by atoms with Crippen molar-refractivity contribution in [1.29, 1.82) is 0 Å². The Morgan fingerprint density at radius 3 is 2.67 bits per heavy atom. The molecule has 1 rings (SSSR count). The number of hydrogen-bond donors (Lipinski definition) is 1. The van der Waals surface area contributed by atoms with Crippen LogP contribution in [0.3, 0.4) is 0 Å². The molecule has 1 heterocycles. The van der Waals surface area contributed by atoms with Crippen LogP contribution in [0, 0.1) is 0 Å². The van der Waals surface area contributed by atoms with Crippen molar-refractivity contribution >= 4 is 5.91 Å². The zero-order valence-electron chi connectivity index (χ0n) is 10.2. The van der Waals surface area contributed by atoms with E-state index in [-0.39, 0.29) is 11.4 Å². The number of morpholine rings is 1. The highest BCUT2D eigenvalue weighted by molar-refractivity contribution is 5.86. The van der Waals surface area contributed by atoms with Crippen molar-refractivity contribution in [2.24, 2.45) is 5.73 Å². The molecule has 0 radical (unpaired) electrons. The van der Waals surface area contributed by atoms with Crippen LogP contribution in [0.5, 0.6) is 0 Å². The van der Waals surface area contributed by atoms with Crippen LogP contribution in [0.4, 0.5) is 0 Å². The minimum absolute atomic E-state index is 0.0262. The molecule has 4 heteroatoms. The van der Waals surface area contributed by atoms with Gasteiger partial charge in [0.1, 0.15) is 0 Å². The molecular formula is C11H22N2O2. The summed E-state index contributed by atoms with van der Waals surface area (Å²) in [4.78, 5) is 14.1. The highest BCUT2D eigenvalue weighted by atomic mass is 16.5. The summed E-state index contributed by atoms with van der Waals surface area (Å²) in [7, 11) is 0. The summed E-state index contributed by atoms with van der Waals surface area (Å²) in [5.41, 5.74) is 4.98. The average molecular weight is 214 g/mol. The van der Waals surface area contributed by atoms with Crippen molar-refractivity contribution in [3.8, 4) is 0 Å². The summed E-state index contributed by atoms with van der Waals surface area (Å²) in [6.07, 6.45) is 0.652. The third kappa shape index (κ3) is 2.49. The number of carbonyl (C=O) groups is 1. The monoisotopic (exact) mass is 214 g/mol. The van der Waals surface area contributed by atoms with Gasteiger partial charge in [-0.2, -0.15) is 0 Å². The molecule has 0 aromatic heterocycles. The van der Waals surface area contributed by atoms with Gasteiger partial charge < -0.3 is 15.4 Å². The Morgan fingerprint density at radius 2 is 2.20 bits per heavy atom. The van der Waals surface area contributed by atoms with Crippen LogP contribution in [-0.4, -0.2) is 41.6 Å².